The van der Waals surface area contributed by atoms with Crippen LogP contribution in [-0.2, 0) is 6.54 Å². The van der Waals surface area contributed by atoms with E-state index in [1.807, 2.05) is 48.5 Å². The van der Waals surface area contributed by atoms with Gasteiger partial charge in [-0.25, -0.2) is 0 Å². The molecule has 3 aromatic rings. The van der Waals surface area contributed by atoms with Gasteiger partial charge in [-0.05, 0) is 30.3 Å². The summed E-state index contributed by atoms with van der Waals surface area (Å²) in [4.78, 5) is 4.01. The minimum Gasteiger partial charge on any atom is -0.491 e. The van der Waals surface area contributed by atoms with Crippen LogP contribution in [0.3, 0.4) is 0 Å². The van der Waals surface area contributed by atoms with Crippen molar-refractivity contribution >= 4 is 0 Å². The molecule has 0 saturated carbocycles. The van der Waals surface area contributed by atoms with Gasteiger partial charge >= 0.3 is 0 Å². The molecule has 1 unspecified atom stereocenters. The first-order chi connectivity index (χ1) is 10.8. The van der Waals surface area contributed by atoms with Crippen LogP contribution in [0.1, 0.15) is 0 Å². The van der Waals surface area contributed by atoms with Gasteiger partial charge in [-0.1, -0.05) is 18.2 Å². The summed E-state index contributed by atoms with van der Waals surface area (Å²) < 4.78 is 7.33. The van der Waals surface area contributed by atoms with Crippen molar-refractivity contribution in [1.82, 2.24) is 14.8 Å². The van der Waals surface area contributed by atoms with Gasteiger partial charge in [0, 0.05) is 24.2 Å². The molecule has 1 N–H and O–H groups in total. The van der Waals surface area contributed by atoms with Gasteiger partial charge in [0.1, 0.15) is 18.5 Å². The van der Waals surface area contributed by atoms with Gasteiger partial charge in [-0.15, -0.1) is 0 Å². The zero-order valence-electron chi connectivity index (χ0n) is 12.0. The topological polar surface area (TPSA) is 60.2 Å². The van der Waals surface area contributed by atoms with E-state index in [0.29, 0.717) is 6.54 Å². The van der Waals surface area contributed by atoms with E-state index in [2.05, 4.69) is 10.1 Å². The molecule has 2 aromatic heterocycles. The number of benzene rings is 1. The summed E-state index contributed by atoms with van der Waals surface area (Å²) in [5.41, 5.74) is 1.96. The highest BCUT2D eigenvalue weighted by Crippen LogP contribution is 2.18. The van der Waals surface area contributed by atoms with Crippen LogP contribution in [0.25, 0.3) is 11.3 Å². The molecule has 0 aliphatic heterocycles. The number of rotatable bonds is 6. The summed E-state index contributed by atoms with van der Waals surface area (Å²) in [6, 6.07) is 15.2. The van der Waals surface area contributed by atoms with Crippen LogP contribution in [-0.4, -0.2) is 32.6 Å². The minimum absolute atomic E-state index is 0.222. The van der Waals surface area contributed by atoms with E-state index in [0.717, 1.165) is 17.0 Å². The Bertz CT molecular complexity index is 698. The van der Waals surface area contributed by atoms with E-state index >= 15 is 0 Å². The number of hydrogen-bond acceptors (Lipinski definition) is 4. The van der Waals surface area contributed by atoms with Crippen molar-refractivity contribution in [1.29, 1.82) is 0 Å². The normalized spacial score (nSPS) is 12.0. The molecule has 0 amide bonds. The number of hydrogen-bond donors (Lipinski definition) is 1. The second kappa shape index (κ2) is 6.87. The number of pyridine rings is 1. The van der Waals surface area contributed by atoms with Crippen molar-refractivity contribution in [2.24, 2.45) is 0 Å². The lowest BCUT2D eigenvalue weighted by Crippen LogP contribution is -2.24. The molecular formula is C17H17N3O2. The molecule has 0 radical (unpaired) electrons. The highest BCUT2D eigenvalue weighted by atomic mass is 16.5. The molecule has 1 atom stereocenters. The molecule has 22 heavy (non-hydrogen) atoms. The maximum absolute atomic E-state index is 10.2. The zero-order valence-corrected chi connectivity index (χ0v) is 12.0. The zero-order chi connectivity index (χ0) is 15.2. The van der Waals surface area contributed by atoms with Gasteiger partial charge in [0.25, 0.3) is 0 Å². The summed E-state index contributed by atoms with van der Waals surface area (Å²) >= 11 is 0. The van der Waals surface area contributed by atoms with Crippen LogP contribution < -0.4 is 4.74 Å². The third-order valence-electron chi connectivity index (χ3n) is 3.26. The summed E-state index contributed by atoms with van der Waals surface area (Å²) in [5.74, 6) is 0.747. The number of aliphatic hydroxyl groups excluding tert-OH is 1. The molecule has 0 aliphatic carbocycles. The van der Waals surface area contributed by atoms with Gasteiger partial charge in [0.15, 0.2) is 0 Å². The summed E-state index contributed by atoms with van der Waals surface area (Å²) in [6.07, 6.45) is 4.56. The van der Waals surface area contributed by atoms with Crippen molar-refractivity contribution in [3.8, 4) is 17.0 Å². The van der Waals surface area contributed by atoms with E-state index in [9.17, 15) is 5.11 Å². The minimum atomic E-state index is -0.638. The van der Waals surface area contributed by atoms with E-state index in [1.54, 1.807) is 23.3 Å². The fourth-order valence-corrected chi connectivity index (χ4v) is 2.21. The Kier molecular flexibility index (Phi) is 4.46. The lowest BCUT2D eigenvalue weighted by atomic mass is 10.2. The van der Waals surface area contributed by atoms with E-state index in [-0.39, 0.29) is 6.61 Å². The third-order valence-corrected chi connectivity index (χ3v) is 3.26. The Balaban J connectivity index is 1.63. The van der Waals surface area contributed by atoms with Gasteiger partial charge in [0.2, 0.25) is 0 Å². The average Bonchev–Trinajstić information content (AvgIpc) is 3.03. The van der Waals surface area contributed by atoms with Crippen molar-refractivity contribution in [2.75, 3.05) is 6.61 Å². The Morgan fingerprint density at radius 2 is 1.77 bits per heavy atom. The van der Waals surface area contributed by atoms with Gasteiger partial charge < -0.3 is 9.84 Å². The molecule has 0 aliphatic rings. The predicted molar refractivity (Wildman–Crippen MR) is 83.4 cm³/mol. The lowest BCUT2D eigenvalue weighted by Gasteiger charge is -2.14. The first-order valence-corrected chi connectivity index (χ1v) is 7.11. The molecule has 5 nitrogen and oxygen atoms in total. The molecule has 0 spiro atoms. The number of aliphatic hydroxyl groups is 1. The third kappa shape index (κ3) is 3.51. The number of nitrogens with zero attached hydrogens (tertiary/aromatic N) is 3. The molecule has 1 aromatic carbocycles. The van der Waals surface area contributed by atoms with Crippen molar-refractivity contribution in [2.45, 2.75) is 12.6 Å². The maximum atomic E-state index is 10.2. The standard InChI is InChI=1S/C17H17N3O2/c21-15(13-22-16-4-2-1-3-5-16)12-20-17(8-11-19-20)14-6-9-18-10-7-14/h1-11,15,21H,12-13H2. The summed E-state index contributed by atoms with van der Waals surface area (Å²) in [7, 11) is 0. The van der Waals surface area contributed by atoms with Crippen LogP contribution in [0.15, 0.2) is 67.1 Å². The van der Waals surface area contributed by atoms with Gasteiger partial charge in [-0.2, -0.15) is 5.10 Å². The first kappa shape index (κ1) is 14.3. The largest absolute Gasteiger partial charge is 0.491 e. The molecule has 0 bridgehead atoms. The first-order valence-electron chi connectivity index (χ1n) is 7.11. The molecular weight excluding hydrogens is 278 g/mol. The monoisotopic (exact) mass is 295 g/mol. The number of aromatic nitrogens is 3. The summed E-state index contributed by atoms with van der Waals surface area (Å²) in [6.45, 7) is 0.594. The fourth-order valence-electron chi connectivity index (χ4n) is 2.21. The SMILES string of the molecule is OC(COc1ccccc1)Cn1nccc1-c1ccncc1. The van der Waals surface area contributed by atoms with Gasteiger partial charge in [-0.3, -0.25) is 9.67 Å². The Hall–Kier alpha value is -2.66. The van der Waals surface area contributed by atoms with Crippen LogP contribution in [0, 0.1) is 0 Å². The Morgan fingerprint density at radius 3 is 2.55 bits per heavy atom. The van der Waals surface area contributed by atoms with E-state index in [4.69, 9.17) is 4.74 Å². The lowest BCUT2D eigenvalue weighted by molar-refractivity contribution is 0.0898. The Labute approximate surface area is 128 Å². The highest BCUT2D eigenvalue weighted by molar-refractivity contribution is 5.58. The molecule has 2 heterocycles. The molecule has 0 saturated heterocycles. The fraction of sp³-hybridized carbons (Fsp3) is 0.176. The van der Waals surface area contributed by atoms with Crippen LogP contribution in [0.4, 0.5) is 0 Å². The van der Waals surface area contributed by atoms with E-state index in [1.165, 1.54) is 0 Å². The molecule has 3 rings (SSSR count). The maximum Gasteiger partial charge on any atom is 0.119 e. The molecule has 0 fully saturated rings. The van der Waals surface area contributed by atoms with Crippen LogP contribution in [0.2, 0.25) is 0 Å². The summed E-state index contributed by atoms with van der Waals surface area (Å²) in [5, 5.41) is 14.4. The Morgan fingerprint density at radius 1 is 1.00 bits per heavy atom. The van der Waals surface area contributed by atoms with Crippen LogP contribution >= 0.6 is 0 Å². The van der Waals surface area contributed by atoms with E-state index < -0.39 is 6.10 Å². The molecule has 5 heteroatoms. The second-order valence-corrected chi connectivity index (χ2v) is 4.91. The highest BCUT2D eigenvalue weighted by Gasteiger charge is 2.11. The van der Waals surface area contributed by atoms with Crippen LogP contribution in [0.5, 0.6) is 5.75 Å². The smallest absolute Gasteiger partial charge is 0.119 e. The number of ether oxygens (including phenoxy) is 1. The average molecular weight is 295 g/mol. The number of para-hydroxylation sites is 1. The molecule has 112 valence electrons. The predicted octanol–water partition coefficient (Wildman–Crippen LogP) is 2.39. The quantitative estimate of drug-likeness (QED) is 0.758. The van der Waals surface area contributed by atoms with Gasteiger partial charge in [0.05, 0.1) is 12.2 Å². The second-order valence-electron chi connectivity index (χ2n) is 4.91. The van der Waals surface area contributed by atoms with Crippen molar-refractivity contribution in [3.63, 3.8) is 0 Å². The van der Waals surface area contributed by atoms with Crippen molar-refractivity contribution < 1.29 is 9.84 Å². The van der Waals surface area contributed by atoms with Crippen molar-refractivity contribution in [3.05, 3.63) is 67.1 Å².